The number of ether oxygens (including phenoxy) is 5. The van der Waals surface area contributed by atoms with Crippen LogP contribution in [-0.4, -0.2) is 56.2 Å². The molecule has 4 aromatic carbocycles. The molecular weight excluding hydrogens is 683 g/mol. The van der Waals surface area contributed by atoms with Gasteiger partial charge in [-0.1, -0.05) is 133 Å². The van der Waals surface area contributed by atoms with Gasteiger partial charge in [0.05, 0.1) is 39.4 Å². The van der Waals surface area contributed by atoms with Gasteiger partial charge in [0.25, 0.3) is 0 Å². The lowest BCUT2D eigenvalue weighted by Gasteiger charge is -2.38. The van der Waals surface area contributed by atoms with Crippen molar-refractivity contribution in [2.45, 2.75) is 69.7 Å². The van der Waals surface area contributed by atoms with Crippen LogP contribution in [-0.2, 0) is 50.1 Å². The SMILES string of the molecule is C[C@@]1(F)[C@H](OCc2ccccc2)[C@@H](OCc2ccccc2)[C@@H](OCc2ccccc2)[C@@H](COCc2ccccc2)O[C@H]1n1cnc2c(Cl)ncnc21. The van der Waals surface area contributed by atoms with Gasteiger partial charge < -0.3 is 23.7 Å². The van der Waals surface area contributed by atoms with Crippen LogP contribution in [0.3, 0.4) is 0 Å². The summed E-state index contributed by atoms with van der Waals surface area (Å²) in [4.78, 5) is 13.0. The standard InChI is InChI=1S/C41H40ClFN4O5/c1-41(43)37(51-25-32-20-12-5-13-21-32)36(50-24-31-18-10-4-11-19-31)35(49-23-30-16-8-3-9-17-30)33(26-48-22-29-14-6-2-7-15-29)52-40(41)47-28-46-34-38(42)44-27-45-39(34)47/h2-21,27-28,33,35-37,40H,22-26H2,1H3/t33-,35+,36+,37-,40-,41-/m1/s1. The second-order valence-corrected chi connectivity index (χ2v) is 13.3. The molecule has 7 rings (SSSR count). The Morgan fingerprint density at radius 2 is 1.17 bits per heavy atom. The molecule has 2 aromatic heterocycles. The molecule has 0 bridgehead atoms. The van der Waals surface area contributed by atoms with Crippen molar-refractivity contribution in [1.29, 1.82) is 0 Å². The summed E-state index contributed by atoms with van der Waals surface area (Å²) in [7, 11) is 0. The van der Waals surface area contributed by atoms with E-state index in [1.807, 2.05) is 121 Å². The molecule has 0 unspecified atom stereocenters. The van der Waals surface area contributed by atoms with Gasteiger partial charge in [-0.3, -0.25) is 4.57 Å². The highest BCUT2D eigenvalue weighted by atomic mass is 35.5. The Kier molecular flexibility index (Phi) is 11.6. The molecule has 1 saturated heterocycles. The summed E-state index contributed by atoms with van der Waals surface area (Å²) in [6.07, 6.45) is -2.41. The van der Waals surface area contributed by atoms with Crippen LogP contribution >= 0.6 is 11.6 Å². The van der Waals surface area contributed by atoms with E-state index < -0.39 is 36.3 Å². The summed E-state index contributed by atoms with van der Waals surface area (Å²) in [5.74, 6) is 0. The maximum absolute atomic E-state index is 18.3. The van der Waals surface area contributed by atoms with E-state index in [1.54, 1.807) is 4.57 Å². The van der Waals surface area contributed by atoms with Crippen LogP contribution in [0.1, 0.15) is 35.4 Å². The van der Waals surface area contributed by atoms with Gasteiger partial charge in [-0.15, -0.1) is 0 Å². The quantitative estimate of drug-likeness (QED) is 0.104. The third kappa shape index (κ3) is 8.39. The van der Waals surface area contributed by atoms with Gasteiger partial charge in [0.2, 0.25) is 0 Å². The highest BCUT2D eigenvalue weighted by Crippen LogP contribution is 2.43. The van der Waals surface area contributed by atoms with Crippen molar-refractivity contribution in [3.8, 4) is 0 Å². The molecule has 0 amide bonds. The van der Waals surface area contributed by atoms with Crippen molar-refractivity contribution in [2.24, 2.45) is 0 Å². The smallest absolute Gasteiger partial charge is 0.181 e. The van der Waals surface area contributed by atoms with E-state index in [9.17, 15) is 0 Å². The Balaban J connectivity index is 1.32. The van der Waals surface area contributed by atoms with Crippen LogP contribution in [0.5, 0.6) is 0 Å². The third-order valence-corrected chi connectivity index (χ3v) is 9.41. The zero-order valence-corrected chi connectivity index (χ0v) is 29.5. The highest BCUT2D eigenvalue weighted by molar-refractivity contribution is 6.33. The second kappa shape index (κ2) is 16.9. The molecule has 1 fully saturated rings. The molecule has 6 aromatic rings. The molecule has 6 atom stereocenters. The normalized spacial score (nSPS) is 23.4. The number of benzene rings is 4. The Morgan fingerprint density at radius 3 is 1.73 bits per heavy atom. The van der Waals surface area contributed by atoms with Crippen LogP contribution < -0.4 is 0 Å². The molecule has 52 heavy (non-hydrogen) atoms. The molecule has 9 nitrogen and oxygen atoms in total. The summed E-state index contributed by atoms with van der Waals surface area (Å²) in [5.41, 5.74) is 2.09. The summed E-state index contributed by atoms with van der Waals surface area (Å²) < 4.78 is 53.2. The average Bonchev–Trinajstić information content (AvgIpc) is 3.58. The first-order valence-electron chi connectivity index (χ1n) is 17.2. The lowest BCUT2D eigenvalue weighted by Crippen LogP contribution is -2.54. The van der Waals surface area contributed by atoms with E-state index in [4.69, 9.17) is 35.3 Å². The van der Waals surface area contributed by atoms with Gasteiger partial charge in [-0.25, -0.2) is 19.3 Å². The minimum atomic E-state index is -2.25. The number of hydrogen-bond acceptors (Lipinski definition) is 8. The van der Waals surface area contributed by atoms with Crippen LogP contribution in [0, 0.1) is 0 Å². The van der Waals surface area contributed by atoms with Crippen LogP contribution in [0.25, 0.3) is 11.2 Å². The zero-order chi connectivity index (χ0) is 35.8. The molecule has 268 valence electrons. The van der Waals surface area contributed by atoms with Crippen molar-refractivity contribution in [2.75, 3.05) is 6.61 Å². The van der Waals surface area contributed by atoms with Crippen molar-refractivity contribution >= 4 is 22.8 Å². The fourth-order valence-corrected chi connectivity index (χ4v) is 6.67. The van der Waals surface area contributed by atoms with E-state index in [2.05, 4.69) is 15.0 Å². The Hall–Kier alpha value is -4.55. The fourth-order valence-electron chi connectivity index (χ4n) is 6.49. The van der Waals surface area contributed by atoms with E-state index in [0.717, 1.165) is 22.3 Å². The Labute approximate surface area is 307 Å². The van der Waals surface area contributed by atoms with Crippen molar-refractivity contribution in [1.82, 2.24) is 19.5 Å². The van der Waals surface area contributed by atoms with Gasteiger partial charge in [0, 0.05) is 0 Å². The van der Waals surface area contributed by atoms with Crippen molar-refractivity contribution < 1.29 is 28.1 Å². The zero-order valence-electron chi connectivity index (χ0n) is 28.7. The van der Waals surface area contributed by atoms with Gasteiger partial charge in [-0.05, 0) is 29.2 Å². The van der Waals surface area contributed by atoms with Crippen molar-refractivity contribution in [3.05, 3.63) is 161 Å². The fraction of sp³-hybridized carbons (Fsp3) is 0.293. The lowest BCUT2D eigenvalue weighted by molar-refractivity contribution is -0.189. The van der Waals surface area contributed by atoms with Gasteiger partial charge in [-0.2, -0.15) is 0 Å². The molecule has 0 N–H and O–H groups in total. The topological polar surface area (TPSA) is 89.8 Å². The van der Waals surface area contributed by atoms with Crippen LogP contribution in [0.15, 0.2) is 134 Å². The minimum Gasteiger partial charge on any atom is -0.374 e. The second-order valence-electron chi connectivity index (χ2n) is 12.9. The van der Waals surface area contributed by atoms with E-state index in [-0.39, 0.29) is 31.6 Å². The van der Waals surface area contributed by atoms with Gasteiger partial charge in [0.15, 0.2) is 22.7 Å². The van der Waals surface area contributed by atoms with Gasteiger partial charge in [0.1, 0.15) is 36.3 Å². The molecule has 0 spiro atoms. The van der Waals surface area contributed by atoms with E-state index >= 15 is 4.39 Å². The van der Waals surface area contributed by atoms with Crippen LogP contribution in [0.4, 0.5) is 4.39 Å². The predicted octanol–water partition coefficient (Wildman–Crippen LogP) is 8.08. The number of imidazole rings is 1. The third-order valence-electron chi connectivity index (χ3n) is 9.13. The number of alkyl halides is 1. The molecular formula is C41H40ClFN4O5. The first-order valence-corrected chi connectivity index (χ1v) is 17.6. The lowest BCUT2D eigenvalue weighted by atomic mass is 9.91. The summed E-state index contributed by atoms with van der Waals surface area (Å²) >= 11 is 6.41. The monoisotopic (exact) mass is 722 g/mol. The first kappa shape index (κ1) is 35.8. The maximum Gasteiger partial charge on any atom is 0.181 e. The average molecular weight is 723 g/mol. The Morgan fingerprint density at radius 1 is 0.673 bits per heavy atom. The molecule has 1 aliphatic rings. The molecule has 1 aliphatic heterocycles. The summed E-state index contributed by atoms with van der Waals surface area (Å²) in [5, 5.41) is 0.144. The maximum atomic E-state index is 18.3. The number of halogens is 2. The molecule has 3 heterocycles. The number of aromatic nitrogens is 4. The molecule has 0 radical (unpaired) electrons. The Bertz CT molecular complexity index is 1990. The minimum absolute atomic E-state index is 0.0555. The molecule has 0 saturated carbocycles. The summed E-state index contributed by atoms with van der Waals surface area (Å²) in [6.45, 7) is 2.33. The number of fused-ring (bicyclic) bond motifs is 1. The van der Waals surface area contributed by atoms with Crippen LogP contribution in [0.2, 0.25) is 5.15 Å². The number of hydrogen-bond donors (Lipinski definition) is 0. The number of rotatable bonds is 14. The van der Waals surface area contributed by atoms with E-state index in [1.165, 1.54) is 19.6 Å². The number of nitrogens with zero attached hydrogens (tertiary/aromatic N) is 4. The molecule has 11 heteroatoms. The van der Waals surface area contributed by atoms with E-state index in [0.29, 0.717) is 17.8 Å². The first-order chi connectivity index (χ1) is 25.5. The predicted molar refractivity (Wildman–Crippen MR) is 195 cm³/mol. The molecule has 0 aliphatic carbocycles. The highest BCUT2D eigenvalue weighted by Gasteiger charge is 2.57. The van der Waals surface area contributed by atoms with Gasteiger partial charge >= 0.3 is 0 Å². The van der Waals surface area contributed by atoms with Crippen molar-refractivity contribution in [3.63, 3.8) is 0 Å². The summed E-state index contributed by atoms with van der Waals surface area (Å²) in [6, 6.07) is 39.0. The largest absolute Gasteiger partial charge is 0.374 e.